The molecule has 1 N–H and O–H groups in total. The van der Waals surface area contributed by atoms with Gasteiger partial charge in [-0.1, -0.05) is 0 Å². The molecule has 0 saturated heterocycles. The summed E-state index contributed by atoms with van der Waals surface area (Å²) in [6.45, 7) is 5.23. The van der Waals surface area contributed by atoms with Gasteiger partial charge in [-0.15, -0.1) is 0 Å². The van der Waals surface area contributed by atoms with Gasteiger partial charge in [-0.3, -0.25) is 0 Å². The first kappa shape index (κ1) is 15.7. The minimum atomic E-state index is -0.500. The fraction of sp³-hybridized carbons (Fsp3) is 1.00. The molecule has 0 aliphatic carbocycles. The summed E-state index contributed by atoms with van der Waals surface area (Å²) in [4.78, 5) is 0. The van der Waals surface area contributed by atoms with E-state index in [1.165, 1.54) is 0 Å². The fourth-order valence-electron chi connectivity index (χ4n) is 0. The molecular weight excluding hydrogens is 98.0 g/mol. The molecule has 0 spiro atoms. The maximum absolute atomic E-state index is 8.52. The van der Waals surface area contributed by atoms with Crippen LogP contribution in [-0.2, 0) is 0 Å². The van der Waals surface area contributed by atoms with Crippen molar-refractivity contribution in [1.29, 1.82) is 0 Å². The van der Waals surface area contributed by atoms with Crippen LogP contribution < -0.4 is 0 Å². The fourth-order valence-corrected chi connectivity index (χ4v) is 0. The Labute approximate surface area is 72.3 Å². The molecule has 0 aliphatic rings. The van der Waals surface area contributed by atoms with Crippen LogP contribution in [0, 0.1) is 0 Å². The minimum absolute atomic E-state index is 0. The molecule has 0 fully saturated rings. The van der Waals surface area contributed by atoms with E-state index < -0.39 is 5.60 Å². The van der Waals surface area contributed by atoms with Gasteiger partial charge < -0.3 is 9.39 Å². The molecule has 0 atom stereocenters. The molecule has 40 valence electrons. The predicted molar refractivity (Wildman–Crippen MR) is 38.2 cm³/mol. The molecule has 0 aromatic heterocycles. The van der Waals surface area contributed by atoms with Gasteiger partial charge in [0.25, 0.3) is 0 Å². The summed E-state index contributed by atoms with van der Waals surface area (Å²) in [6, 6.07) is 0. The molecule has 0 aromatic carbocycles. The molecule has 3 heteroatoms. The van der Waals surface area contributed by atoms with Crippen LogP contribution in [0.25, 0.3) is 0 Å². The Morgan fingerprint density at radius 3 is 1.29 bits per heavy atom. The number of hydrogen-bond acceptors (Lipinski definition) is 1. The Morgan fingerprint density at radius 1 is 1.29 bits per heavy atom. The van der Waals surface area contributed by atoms with Crippen LogP contribution in [0.5, 0.6) is 0 Å². The van der Waals surface area contributed by atoms with Gasteiger partial charge in [0, 0.05) is 0 Å². The summed E-state index contributed by atoms with van der Waals surface area (Å²) in [6.07, 6.45) is 0. The topological polar surface area (TPSA) is 20.2 Å². The average Bonchev–Trinajstić information content (AvgIpc) is 0.722. The van der Waals surface area contributed by atoms with E-state index in [9.17, 15) is 0 Å². The molecule has 0 unspecified atom stereocenters. The van der Waals surface area contributed by atoms with Gasteiger partial charge in [0.1, 0.15) is 0 Å². The van der Waals surface area contributed by atoms with Crippen LogP contribution in [0.4, 0.5) is 0 Å². The molecule has 1 nitrogen and oxygen atoms in total. The second-order valence-corrected chi connectivity index (χ2v) is 2.17. The van der Waals surface area contributed by atoms with Crippen molar-refractivity contribution in [2.45, 2.75) is 26.4 Å². The molecule has 0 bridgehead atoms. The van der Waals surface area contributed by atoms with Crippen LogP contribution in [0.15, 0.2) is 0 Å². The second kappa shape index (κ2) is 5.23. The first-order valence-corrected chi connectivity index (χ1v) is 1.72. The summed E-state index contributed by atoms with van der Waals surface area (Å²) >= 11 is 0. The van der Waals surface area contributed by atoms with Crippen LogP contribution >= 0.6 is 0 Å². The zero-order valence-corrected chi connectivity index (χ0v) is 5.68. The van der Waals surface area contributed by atoms with E-state index in [1.807, 2.05) is 0 Å². The quantitative estimate of drug-likeness (QED) is 0.440. The predicted octanol–water partition coefficient (Wildman–Crippen LogP) is 0.0854. The molecule has 0 aliphatic heterocycles. The van der Waals surface area contributed by atoms with Gasteiger partial charge in [0.05, 0.1) is 5.60 Å². The van der Waals surface area contributed by atoms with E-state index in [0.717, 1.165) is 0 Å². The van der Waals surface area contributed by atoms with E-state index in [0.29, 0.717) is 0 Å². The van der Waals surface area contributed by atoms with Gasteiger partial charge >= 0.3 is 36.2 Å². The molecule has 7 heavy (non-hydrogen) atoms. The van der Waals surface area contributed by atoms with Gasteiger partial charge in [-0.25, -0.2) is 0 Å². The van der Waals surface area contributed by atoms with Gasteiger partial charge in [-0.05, 0) is 20.8 Å². The average molecular weight is 112 g/mol. The van der Waals surface area contributed by atoms with Gasteiger partial charge in [0.2, 0.25) is 0 Å². The van der Waals surface area contributed by atoms with E-state index >= 15 is 0 Å². The SMILES string of the molecule is CC(C)(C)O.[Al+3].[H-].[H-].[H-].[LiH]. The zero-order chi connectivity index (χ0) is 4.50. The third-order valence-electron chi connectivity index (χ3n) is 0. The van der Waals surface area contributed by atoms with Crippen LogP contribution in [-0.4, -0.2) is 46.9 Å². The Bertz CT molecular complexity index is 36.0. The van der Waals surface area contributed by atoms with E-state index in [1.54, 1.807) is 20.8 Å². The molecule has 0 radical (unpaired) electrons. The zero-order valence-electron chi connectivity index (χ0n) is 7.52. The van der Waals surface area contributed by atoms with Crippen LogP contribution in [0.3, 0.4) is 0 Å². The number of hydrogen-bond donors (Lipinski definition) is 1. The van der Waals surface area contributed by atoms with Crippen molar-refractivity contribution < 1.29 is 9.39 Å². The molecule has 0 rings (SSSR count). The summed E-state index contributed by atoms with van der Waals surface area (Å²) in [5.74, 6) is 0. The molecule has 0 amide bonds. The van der Waals surface area contributed by atoms with Crippen molar-refractivity contribution in [3.8, 4) is 0 Å². The Hall–Kier alpha value is 1.09. The Kier molecular flexibility index (Phi) is 11.7. The second-order valence-electron chi connectivity index (χ2n) is 2.17. The Balaban J connectivity index is -0.00000000800. The monoisotopic (exact) mass is 112 g/mol. The summed E-state index contributed by atoms with van der Waals surface area (Å²) in [5.41, 5.74) is -0.500. The third kappa shape index (κ3) is 155. The summed E-state index contributed by atoms with van der Waals surface area (Å²) in [7, 11) is 0. The summed E-state index contributed by atoms with van der Waals surface area (Å²) in [5, 5.41) is 8.52. The van der Waals surface area contributed by atoms with E-state index in [-0.39, 0.29) is 40.5 Å². The number of rotatable bonds is 0. The van der Waals surface area contributed by atoms with Crippen molar-refractivity contribution in [3.63, 3.8) is 0 Å². The van der Waals surface area contributed by atoms with Crippen molar-refractivity contribution in [3.05, 3.63) is 0 Å². The van der Waals surface area contributed by atoms with Crippen molar-refractivity contribution in [2.24, 2.45) is 0 Å². The normalized spacial score (nSPS) is 8.57. The van der Waals surface area contributed by atoms with E-state index in [2.05, 4.69) is 0 Å². The first-order valence-electron chi connectivity index (χ1n) is 1.72. The Morgan fingerprint density at radius 2 is 1.29 bits per heavy atom. The van der Waals surface area contributed by atoms with Crippen molar-refractivity contribution >= 4 is 36.2 Å². The van der Waals surface area contributed by atoms with Gasteiger partial charge in [0.15, 0.2) is 0 Å². The molecule has 0 heterocycles. The molecular formula is C4H14AlLiO. The third-order valence-corrected chi connectivity index (χ3v) is 0. The van der Waals surface area contributed by atoms with Crippen LogP contribution in [0.2, 0.25) is 0 Å². The maximum atomic E-state index is 8.52. The molecule has 0 saturated carbocycles. The van der Waals surface area contributed by atoms with Crippen molar-refractivity contribution in [1.82, 2.24) is 0 Å². The summed E-state index contributed by atoms with van der Waals surface area (Å²) < 4.78 is 0. The first-order chi connectivity index (χ1) is 2.00. The van der Waals surface area contributed by atoms with E-state index in [4.69, 9.17) is 5.11 Å². The van der Waals surface area contributed by atoms with Crippen LogP contribution in [0.1, 0.15) is 25.1 Å². The van der Waals surface area contributed by atoms with Gasteiger partial charge in [-0.2, -0.15) is 0 Å². The molecule has 0 aromatic rings. The number of aliphatic hydroxyl groups is 1. The van der Waals surface area contributed by atoms with Crippen molar-refractivity contribution in [2.75, 3.05) is 0 Å². The standard InChI is InChI=1S/C4H10O.Al.Li.4H/c1-4(2,3)5;;;;;;/h5H,1-3H3;;;;;;/q;+3;;;3*-1.